The molecule has 0 saturated heterocycles. The number of benzene rings is 1. The highest BCUT2D eigenvalue weighted by Gasteiger charge is 2.34. The van der Waals surface area contributed by atoms with Crippen LogP contribution in [-0.2, 0) is 4.74 Å². The van der Waals surface area contributed by atoms with Crippen LogP contribution in [-0.4, -0.2) is 41.0 Å². The molecule has 1 atom stereocenters. The summed E-state index contributed by atoms with van der Waals surface area (Å²) in [5.74, 6) is -0.565. The number of nitrogens with one attached hydrogen (secondary N) is 1. The summed E-state index contributed by atoms with van der Waals surface area (Å²) in [6.45, 7) is 7.42. The van der Waals surface area contributed by atoms with Crippen molar-refractivity contribution in [1.29, 1.82) is 0 Å². The van der Waals surface area contributed by atoms with Crippen LogP contribution < -0.4 is 5.32 Å². The molecular formula is C17H22N2O4. The monoisotopic (exact) mass is 318 g/mol. The first-order valence-electron chi connectivity index (χ1n) is 7.64. The van der Waals surface area contributed by atoms with Crippen molar-refractivity contribution in [3.8, 4) is 0 Å². The number of carbonyl (C=O) groups is 3. The summed E-state index contributed by atoms with van der Waals surface area (Å²) < 4.78 is 5.18. The highest BCUT2D eigenvalue weighted by Crippen LogP contribution is 2.22. The fourth-order valence-corrected chi connectivity index (χ4v) is 2.35. The van der Waals surface area contributed by atoms with E-state index in [2.05, 4.69) is 5.32 Å². The molecule has 2 rings (SSSR count). The first kappa shape index (κ1) is 17.0. The first-order valence-corrected chi connectivity index (χ1v) is 7.64. The summed E-state index contributed by atoms with van der Waals surface area (Å²) in [6.07, 6.45) is -0.0441. The average molecular weight is 318 g/mol. The van der Waals surface area contributed by atoms with Gasteiger partial charge in [0.2, 0.25) is 0 Å². The molecule has 0 spiro atoms. The normalized spacial score (nSPS) is 15.4. The molecule has 0 saturated carbocycles. The number of alkyl carbamates (subject to hydrolysis) is 1. The van der Waals surface area contributed by atoms with Gasteiger partial charge in [0.25, 0.3) is 11.8 Å². The molecule has 1 aromatic carbocycles. The SMILES string of the molecule is C[C@@H](CCN1C(=O)c2ccccc2C1=O)NC(=O)OC(C)(C)C. The Bertz CT molecular complexity index is 599. The van der Waals surface area contributed by atoms with Crippen LogP contribution in [0.25, 0.3) is 0 Å². The molecule has 0 bridgehead atoms. The maximum Gasteiger partial charge on any atom is 0.407 e. The Hall–Kier alpha value is -2.37. The summed E-state index contributed by atoms with van der Waals surface area (Å²) in [4.78, 5) is 37.4. The number of fused-ring (bicyclic) bond motifs is 1. The van der Waals surface area contributed by atoms with Gasteiger partial charge in [-0.15, -0.1) is 0 Å². The number of carbonyl (C=O) groups excluding carboxylic acids is 3. The van der Waals surface area contributed by atoms with Gasteiger partial charge in [0.1, 0.15) is 5.60 Å². The Morgan fingerprint density at radius 2 is 1.70 bits per heavy atom. The Labute approximate surface area is 135 Å². The summed E-state index contributed by atoms with van der Waals surface area (Å²) in [6, 6.07) is 6.56. The van der Waals surface area contributed by atoms with Gasteiger partial charge >= 0.3 is 6.09 Å². The highest BCUT2D eigenvalue weighted by atomic mass is 16.6. The third kappa shape index (κ3) is 4.09. The van der Waals surface area contributed by atoms with E-state index in [0.717, 1.165) is 0 Å². The van der Waals surface area contributed by atoms with Crippen LogP contribution in [0.1, 0.15) is 54.8 Å². The van der Waals surface area contributed by atoms with Crippen molar-refractivity contribution in [2.24, 2.45) is 0 Å². The van der Waals surface area contributed by atoms with Crippen molar-refractivity contribution in [1.82, 2.24) is 10.2 Å². The molecule has 0 aliphatic carbocycles. The number of imide groups is 1. The molecule has 1 aliphatic heterocycles. The lowest BCUT2D eigenvalue weighted by Crippen LogP contribution is -2.40. The van der Waals surface area contributed by atoms with E-state index in [4.69, 9.17) is 4.74 Å². The first-order chi connectivity index (χ1) is 10.7. The van der Waals surface area contributed by atoms with Crippen molar-refractivity contribution < 1.29 is 19.1 Å². The maximum atomic E-state index is 12.2. The summed E-state index contributed by atoms with van der Waals surface area (Å²) in [7, 11) is 0. The number of hydrogen-bond donors (Lipinski definition) is 1. The van der Waals surface area contributed by atoms with E-state index in [1.165, 1.54) is 4.90 Å². The minimum Gasteiger partial charge on any atom is -0.444 e. The summed E-state index contributed by atoms with van der Waals surface area (Å²) in [5, 5.41) is 2.70. The largest absolute Gasteiger partial charge is 0.444 e. The van der Waals surface area contributed by atoms with Crippen LogP contribution in [0.2, 0.25) is 0 Å². The molecule has 0 unspecified atom stereocenters. The molecule has 23 heavy (non-hydrogen) atoms. The average Bonchev–Trinajstić information content (AvgIpc) is 2.67. The molecule has 124 valence electrons. The van der Waals surface area contributed by atoms with Crippen molar-refractivity contribution in [2.75, 3.05) is 6.54 Å². The number of rotatable bonds is 4. The number of ether oxygens (including phenoxy) is 1. The molecule has 6 heteroatoms. The second-order valence-corrected chi connectivity index (χ2v) is 6.64. The van der Waals surface area contributed by atoms with Crippen molar-refractivity contribution in [2.45, 2.75) is 45.8 Å². The molecule has 1 aromatic rings. The third-order valence-electron chi connectivity index (χ3n) is 3.43. The lowest BCUT2D eigenvalue weighted by Gasteiger charge is -2.22. The predicted molar refractivity (Wildman–Crippen MR) is 85.3 cm³/mol. The standard InChI is InChI=1S/C17H22N2O4/c1-11(18-16(22)23-17(2,3)4)9-10-19-14(20)12-7-5-6-8-13(12)15(19)21/h5-8,11H,9-10H2,1-4H3,(H,18,22)/t11-/m0/s1. The second kappa shape index (κ2) is 6.40. The fourth-order valence-electron chi connectivity index (χ4n) is 2.35. The zero-order valence-electron chi connectivity index (χ0n) is 13.9. The quantitative estimate of drug-likeness (QED) is 0.866. The minimum absolute atomic E-state index is 0.214. The third-order valence-corrected chi connectivity index (χ3v) is 3.43. The van der Waals surface area contributed by atoms with E-state index >= 15 is 0 Å². The molecule has 0 aromatic heterocycles. The molecular weight excluding hydrogens is 296 g/mol. The lowest BCUT2D eigenvalue weighted by molar-refractivity contribution is 0.0504. The van der Waals surface area contributed by atoms with Crippen molar-refractivity contribution in [3.05, 3.63) is 35.4 Å². The van der Waals surface area contributed by atoms with Gasteiger partial charge in [0.05, 0.1) is 11.1 Å². The van der Waals surface area contributed by atoms with Gasteiger partial charge in [-0.3, -0.25) is 14.5 Å². The van der Waals surface area contributed by atoms with Crippen molar-refractivity contribution in [3.63, 3.8) is 0 Å². The summed E-state index contributed by atoms with van der Waals surface area (Å²) >= 11 is 0. The zero-order chi connectivity index (χ0) is 17.2. The molecule has 1 heterocycles. The van der Waals surface area contributed by atoms with Crippen LogP contribution in [0.15, 0.2) is 24.3 Å². The van der Waals surface area contributed by atoms with E-state index in [1.54, 1.807) is 45.0 Å². The van der Waals surface area contributed by atoms with Crippen LogP contribution in [0, 0.1) is 0 Å². The Morgan fingerprint density at radius 3 is 2.17 bits per heavy atom. The van der Waals surface area contributed by atoms with Crippen LogP contribution in [0.4, 0.5) is 4.79 Å². The lowest BCUT2D eigenvalue weighted by atomic mass is 10.1. The van der Waals surface area contributed by atoms with E-state index < -0.39 is 11.7 Å². The van der Waals surface area contributed by atoms with Crippen LogP contribution in [0.3, 0.4) is 0 Å². The van der Waals surface area contributed by atoms with Crippen LogP contribution in [0.5, 0.6) is 0 Å². The van der Waals surface area contributed by atoms with Gasteiger partial charge in [0.15, 0.2) is 0 Å². The molecule has 3 amide bonds. The zero-order valence-corrected chi connectivity index (χ0v) is 13.9. The summed E-state index contributed by atoms with van der Waals surface area (Å²) in [5.41, 5.74) is 0.308. The smallest absolute Gasteiger partial charge is 0.407 e. The molecule has 0 radical (unpaired) electrons. The van der Waals surface area contributed by atoms with E-state index in [-0.39, 0.29) is 24.4 Å². The highest BCUT2D eigenvalue weighted by molar-refractivity contribution is 6.21. The maximum absolute atomic E-state index is 12.2. The fraction of sp³-hybridized carbons (Fsp3) is 0.471. The molecule has 1 N–H and O–H groups in total. The van der Waals surface area contributed by atoms with E-state index in [0.29, 0.717) is 17.5 Å². The van der Waals surface area contributed by atoms with Crippen molar-refractivity contribution >= 4 is 17.9 Å². The predicted octanol–water partition coefficient (Wildman–Crippen LogP) is 2.59. The molecule has 0 fully saturated rings. The Morgan fingerprint density at radius 1 is 1.17 bits per heavy atom. The van der Waals surface area contributed by atoms with Gasteiger partial charge < -0.3 is 10.1 Å². The van der Waals surface area contributed by atoms with Gasteiger partial charge in [-0.05, 0) is 46.2 Å². The minimum atomic E-state index is -0.563. The molecule has 6 nitrogen and oxygen atoms in total. The second-order valence-electron chi connectivity index (χ2n) is 6.64. The van der Waals surface area contributed by atoms with Gasteiger partial charge in [0, 0.05) is 12.6 Å². The Kier molecular flexibility index (Phi) is 4.73. The van der Waals surface area contributed by atoms with E-state index in [1.807, 2.05) is 6.92 Å². The molecule has 1 aliphatic rings. The number of nitrogens with zero attached hydrogens (tertiary/aromatic N) is 1. The van der Waals surface area contributed by atoms with Gasteiger partial charge in [-0.2, -0.15) is 0 Å². The van der Waals surface area contributed by atoms with Gasteiger partial charge in [-0.25, -0.2) is 4.79 Å². The van der Waals surface area contributed by atoms with Gasteiger partial charge in [-0.1, -0.05) is 12.1 Å². The van der Waals surface area contributed by atoms with Crippen LogP contribution >= 0.6 is 0 Å². The number of amides is 3. The number of hydrogen-bond acceptors (Lipinski definition) is 4. The van der Waals surface area contributed by atoms with E-state index in [9.17, 15) is 14.4 Å². The Balaban J connectivity index is 1.89. The topological polar surface area (TPSA) is 75.7 Å².